The predicted octanol–water partition coefficient (Wildman–Crippen LogP) is 1.16. The molecule has 116 valence electrons. The third-order valence-electron chi connectivity index (χ3n) is 3.64. The van der Waals surface area contributed by atoms with E-state index in [2.05, 4.69) is 5.32 Å². The van der Waals surface area contributed by atoms with Crippen LogP contribution < -0.4 is 15.8 Å². The maximum absolute atomic E-state index is 12.0. The van der Waals surface area contributed by atoms with E-state index in [1.165, 1.54) is 0 Å². The van der Waals surface area contributed by atoms with E-state index in [1.807, 2.05) is 12.1 Å². The van der Waals surface area contributed by atoms with E-state index in [9.17, 15) is 4.79 Å². The number of ether oxygens (including phenoxy) is 3. The fraction of sp³-hybridized carbons (Fsp3) is 0.533. The summed E-state index contributed by atoms with van der Waals surface area (Å²) in [6, 6.07) is 7.19. The molecule has 3 N–H and O–H groups in total. The van der Waals surface area contributed by atoms with Crippen molar-refractivity contribution in [3.05, 3.63) is 24.3 Å². The Labute approximate surface area is 124 Å². The maximum Gasteiger partial charge on any atom is 0.250 e. The minimum absolute atomic E-state index is 0.0194. The summed E-state index contributed by atoms with van der Waals surface area (Å²) in [5.74, 6) is 0.485. The van der Waals surface area contributed by atoms with Gasteiger partial charge in [-0.05, 0) is 12.1 Å². The Morgan fingerprint density at radius 2 is 2.19 bits per heavy atom. The zero-order chi connectivity index (χ0) is 15.1. The van der Waals surface area contributed by atoms with Crippen LogP contribution in [-0.4, -0.2) is 45.0 Å². The molecule has 1 aliphatic heterocycles. The van der Waals surface area contributed by atoms with Crippen LogP contribution in [0.25, 0.3) is 0 Å². The molecule has 0 unspecified atom stereocenters. The van der Waals surface area contributed by atoms with Gasteiger partial charge >= 0.3 is 0 Å². The first-order valence-corrected chi connectivity index (χ1v) is 7.03. The lowest BCUT2D eigenvalue weighted by atomic mass is 9.94. The molecule has 6 nitrogen and oxygen atoms in total. The lowest BCUT2D eigenvalue weighted by molar-refractivity contribution is -0.137. The third-order valence-corrected chi connectivity index (χ3v) is 3.64. The van der Waals surface area contributed by atoms with E-state index in [0.717, 1.165) is 12.8 Å². The molecule has 0 saturated carbocycles. The first-order valence-electron chi connectivity index (χ1n) is 7.03. The second kappa shape index (κ2) is 7.40. The summed E-state index contributed by atoms with van der Waals surface area (Å²) >= 11 is 0. The number of hydrogen-bond acceptors (Lipinski definition) is 5. The van der Waals surface area contributed by atoms with E-state index in [0.29, 0.717) is 31.2 Å². The van der Waals surface area contributed by atoms with Gasteiger partial charge in [0.25, 0.3) is 0 Å². The number of amides is 1. The van der Waals surface area contributed by atoms with Crippen molar-refractivity contribution in [3.8, 4) is 5.75 Å². The summed E-state index contributed by atoms with van der Waals surface area (Å²) in [6.07, 6.45) is 1.44. The monoisotopic (exact) mass is 294 g/mol. The normalized spacial score (nSPS) is 17.2. The van der Waals surface area contributed by atoms with Crippen LogP contribution in [0.5, 0.6) is 5.75 Å². The summed E-state index contributed by atoms with van der Waals surface area (Å²) in [5.41, 5.74) is 6.02. The van der Waals surface area contributed by atoms with Gasteiger partial charge in [-0.1, -0.05) is 6.07 Å². The fourth-order valence-electron chi connectivity index (χ4n) is 2.27. The van der Waals surface area contributed by atoms with Gasteiger partial charge in [0.2, 0.25) is 5.91 Å². The zero-order valence-electron chi connectivity index (χ0n) is 12.3. The standard InChI is InChI=1S/C15H22N2O4/c1-19-13-4-2-3-12(9-13)17-14(18)10-21-15(11-16)5-7-20-8-6-15/h2-4,9H,5-8,10-11,16H2,1H3,(H,17,18). The summed E-state index contributed by atoms with van der Waals surface area (Å²) in [6.45, 7) is 1.61. The van der Waals surface area contributed by atoms with Gasteiger partial charge in [0.1, 0.15) is 12.4 Å². The van der Waals surface area contributed by atoms with Gasteiger partial charge in [0, 0.05) is 44.4 Å². The molecule has 1 aromatic carbocycles. The zero-order valence-corrected chi connectivity index (χ0v) is 12.3. The van der Waals surface area contributed by atoms with Crippen LogP contribution in [0.1, 0.15) is 12.8 Å². The van der Waals surface area contributed by atoms with Crippen LogP contribution >= 0.6 is 0 Å². The second-order valence-electron chi connectivity index (χ2n) is 5.07. The van der Waals surface area contributed by atoms with Crippen molar-refractivity contribution in [2.45, 2.75) is 18.4 Å². The molecule has 1 heterocycles. The van der Waals surface area contributed by atoms with E-state index >= 15 is 0 Å². The first kappa shape index (κ1) is 15.8. The van der Waals surface area contributed by atoms with Crippen molar-refractivity contribution in [1.82, 2.24) is 0 Å². The van der Waals surface area contributed by atoms with Gasteiger partial charge in [-0.25, -0.2) is 0 Å². The third kappa shape index (κ3) is 4.42. The Hall–Kier alpha value is -1.63. The minimum Gasteiger partial charge on any atom is -0.497 e. The lowest BCUT2D eigenvalue weighted by Crippen LogP contribution is -2.46. The molecular formula is C15H22N2O4. The first-order chi connectivity index (χ1) is 10.2. The molecule has 1 amide bonds. The van der Waals surface area contributed by atoms with Crippen LogP contribution in [0, 0.1) is 0 Å². The molecule has 1 fully saturated rings. The molecule has 1 aromatic rings. The molecular weight excluding hydrogens is 272 g/mol. The molecule has 0 spiro atoms. The van der Waals surface area contributed by atoms with Crippen molar-refractivity contribution in [2.75, 3.05) is 38.8 Å². The fourth-order valence-corrected chi connectivity index (χ4v) is 2.27. The second-order valence-corrected chi connectivity index (χ2v) is 5.07. The van der Waals surface area contributed by atoms with Crippen molar-refractivity contribution in [2.24, 2.45) is 5.73 Å². The van der Waals surface area contributed by atoms with Crippen molar-refractivity contribution in [1.29, 1.82) is 0 Å². The summed E-state index contributed by atoms with van der Waals surface area (Å²) in [7, 11) is 1.58. The van der Waals surface area contributed by atoms with E-state index < -0.39 is 5.60 Å². The van der Waals surface area contributed by atoms with Crippen molar-refractivity contribution in [3.63, 3.8) is 0 Å². The highest BCUT2D eigenvalue weighted by atomic mass is 16.5. The molecule has 6 heteroatoms. The van der Waals surface area contributed by atoms with Crippen LogP contribution in [-0.2, 0) is 14.3 Å². The summed E-state index contributed by atoms with van der Waals surface area (Å²) in [4.78, 5) is 12.0. The molecule has 1 saturated heterocycles. The largest absolute Gasteiger partial charge is 0.497 e. The molecule has 2 rings (SSSR count). The number of hydrogen-bond donors (Lipinski definition) is 2. The van der Waals surface area contributed by atoms with Gasteiger partial charge < -0.3 is 25.3 Å². The smallest absolute Gasteiger partial charge is 0.250 e. The number of methoxy groups -OCH3 is 1. The van der Waals surface area contributed by atoms with Gasteiger partial charge in [0.05, 0.1) is 12.7 Å². The molecule has 21 heavy (non-hydrogen) atoms. The average Bonchev–Trinajstić information content (AvgIpc) is 2.54. The highest BCUT2D eigenvalue weighted by molar-refractivity contribution is 5.91. The number of nitrogens with two attached hydrogens (primary N) is 1. The number of anilines is 1. The van der Waals surface area contributed by atoms with Crippen molar-refractivity contribution < 1.29 is 19.0 Å². The number of carbonyl (C=O) groups excluding carboxylic acids is 1. The van der Waals surface area contributed by atoms with Crippen LogP contribution in [0.4, 0.5) is 5.69 Å². The number of nitrogens with one attached hydrogen (secondary N) is 1. The molecule has 0 aromatic heterocycles. The van der Waals surface area contributed by atoms with Crippen LogP contribution in [0.3, 0.4) is 0 Å². The summed E-state index contributed by atoms with van der Waals surface area (Å²) in [5, 5.41) is 2.78. The van der Waals surface area contributed by atoms with E-state index in [-0.39, 0.29) is 12.5 Å². The van der Waals surface area contributed by atoms with Crippen LogP contribution in [0.15, 0.2) is 24.3 Å². The van der Waals surface area contributed by atoms with Crippen molar-refractivity contribution >= 4 is 11.6 Å². The van der Waals surface area contributed by atoms with Gasteiger partial charge in [-0.3, -0.25) is 4.79 Å². The minimum atomic E-state index is -0.441. The highest BCUT2D eigenvalue weighted by Crippen LogP contribution is 2.24. The van der Waals surface area contributed by atoms with Crippen LogP contribution in [0.2, 0.25) is 0 Å². The Balaban J connectivity index is 1.86. The highest BCUT2D eigenvalue weighted by Gasteiger charge is 2.32. The Bertz CT molecular complexity index is 472. The Morgan fingerprint density at radius 3 is 2.86 bits per heavy atom. The number of rotatable bonds is 6. The average molecular weight is 294 g/mol. The number of carbonyl (C=O) groups is 1. The molecule has 0 radical (unpaired) electrons. The van der Waals surface area contributed by atoms with E-state index in [1.54, 1.807) is 19.2 Å². The maximum atomic E-state index is 12.0. The lowest BCUT2D eigenvalue weighted by Gasteiger charge is -2.35. The molecule has 1 aliphatic rings. The topological polar surface area (TPSA) is 82.8 Å². The Kier molecular flexibility index (Phi) is 5.55. The predicted molar refractivity (Wildman–Crippen MR) is 79.4 cm³/mol. The quantitative estimate of drug-likeness (QED) is 0.822. The Morgan fingerprint density at radius 1 is 1.43 bits per heavy atom. The van der Waals surface area contributed by atoms with Gasteiger partial charge in [-0.2, -0.15) is 0 Å². The molecule has 0 bridgehead atoms. The van der Waals surface area contributed by atoms with E-state index in [4.69, 9.17) is 19.9 Å². The summed E-state index contributed by atoms with van der Waals surface area (Å²) < 4.78 is 16.2. The van der Waals surface area contributed by atoms with Gasteiger partial charge in [0.15, 0.2) is 0 Å². The molecule has 0 atom stereocenters. The molecule has 0 aliphatic carbocycles. The number of benzene rings is 1. The van der Waals surface area contributed by atoms with Gasteiger partial charge in [-0.15, -0.1) is 0 Å². The SMILES string of the molecule is COc1cccc(NC(=O)COC2(CN)CCOCC2)c1.